The van der Waals surface area contributed by atoms with Crippen molar-refractivity contribution in [1.29, 1.82) is 0 Å². The molecule has 1 aliphatic rings. The summed E-state index contributed by atoms with van der Waals surface area (Å²) in [6.07, 6.45) is 1.21. The van der Waals surface area contributed by atoms with Crippen molar-refractivity contribution in [2.45, 2.75) is 25.9 Å². The van der Waals surface area contributed by atoms with Crippen molar-refractivity contribution in [1.82, 2.24) is 5.32 Å². The van der Waals surface area contributed by atoms with Crippen molar-refractivity contribution in [3.05, 3.63) is 29.8 Å². The van der Waals surface area contributed by atoms with E-state index in [0.29, 0.717) is 12.6 Å². The summed E-state index contributed by atoms with van der Waals surface area (Å²) in [5.41, 5.74) is 1.13. The Balaban J connectivity index is 2.03. The lowest BCUT2D eigenvalue weighted by molar-refractivity contribution is 0.410. The number of rotatable bonds is 3. The van der Waals surface area contributed by atoms with Gasteiger partial charge in [0.15, 0.2) is 5.17 Å². The number of nitrogens with zero attached hydrogens (tertiary/aromatic N) is 1. The predicted molar refractivity (Wildman–Crippen MR) is 73.8 cm³/mol. The van der Waals surface area contributed by atoms with E-state index in [-0.39, 0.29) is 0 Å². The number of amidine groups is 1. The smallest absolute Gasteiger partial charge is 0.157 e. The first kappa shape index (κ1) is 12.3. The summed E-state index contributed by atoms with van der Waals surface area (Å²) < 4.78 is 5.31. The Bertz CT molecular complexity index is 406. The normalized spacial score (nSPS) is 22.2. The Morgan fingerprint density at radius 2 is 2.29 bits per heavy atom. The minimum absolute atomic E-state index is 0.535. The Kier molecular flexibility index (Phi) is 4.31. The molecule has 1 aromatic rings. The van der Waals surface area contributed by atoms with Gasteiger partial charge in [0.05, 0.1) is 13.7 Å². The molecule has 1 heterocycles. The van der Waals surface area contributed by atoms with E-state index in [9.17, 15) is 0 Å². The fourth-order valence-corrected chi connectivity index (χ4v) is 2.84. The molecule has 0 amide bonds. The standard InChI is InChI=1S/C13H18N2OS/c1-10-7-8-17-13(15-10)14-9-11-5-3-4-6-12(11)16-2/h3-6,10H,7-9H2,1-2H3,(H,14,15). The third-order valence-corrected chi connectivity index (χ3v) is 3.71. The first-order valence-corrected chi connectivity index (χ1v) is 6.84. The number of methoxy groups -OCH3 is 1. The lowest BCUT2D eigenvalue weighted by atomic mass is 10.2. The number of nitrogens with one attached hydrogen (secondary N) is 1. The Hall–Kier alpha value is -1.16. The first-order valence-electron chi connectivity index (χ1n) is 5.85. The molecule has 1 unspecified atom stereocenters. The first-order chi connectivity index (χ1) is 8.29. The maximum absolute atomic E-state index is 5.31. The van der Waals surface area contributed by atoms with Crippen LogP contribution in [0.2, 0.25) is 0 Å². The largest absolute Gasteiger partial charge is 0.496 e. The molecule has 1 saturated heterocycles. The van der Waals surface area contributed by atoms with Gasteiger partial charge in [-0.1, -0.05) is 30.0 Å². The van der Waals surface area contributed by atoms with Crippen molar-refractivity contribution in [3.63, 3.8) is 0 Å². The highest BCUT2D eigenvalue weighted by molar-refractivity contribution is 8.13. The second-order valence-electron chi connectivity index (χ2n) is 4.12. The molecule has 2 rings (SSSR count). The number of thioether (sulfide) groups is 1. The molecule has 3 nitrogen and oxygen atoms in total. The maximum atomic E-state index is 5.31. The van der Waals surface area contributed by atoms with Gasteiger partial charge in [-0.2, -0.15) is 0 Å². The summed E-state index contributed by atoms with van der Waals surface area (Å²) in [5, 5.41) is 4.45. The van der Waals surface area contributed by atoms with Crippen molar-refractivity contribution in [2.75, 3.05) is 12.9 Å². The molecule has 4 heteroatoms. The van der Waals surface area contributed by atoms with Crippen LogP contribution in [0.25, 0.3) is 0 Å². The minimum atomic E-state index is 0.535. The second kappa shape index (κ2) is 5.96. The van der Waals surface area contributed by atoms with Crippen LogP contribution in [0.1, 0.15) is 18.9 Å². The molecule has 0 spiro atoms. The summed E-state index contributed by atoms with van der Waals surface area (Å²) in [6, 6.07) is 8.56. The monoisotopic (exact) mass is 250 g/mol. The number of aliphatic imine (C=N–C) groups is 1. The van der Waals surface area contributed by atoms with Crippen molar-refractivity contribution in [2.24, 2.45) is 4.99 Å². The minimum Gasteiger partial charge on any atom is -0.496 e. The van der Waals surface area contributed by atoms with Gasteiger partial charge in [-0.15, -0.1) is 0 Å². The summed E-state index contributed by atoms with van der Waals surface area (Å²) in [4.78, 5) is 4.60. The number of hydrogen-bond acceptors (Lipinski definition) is 3. The van der Waals surface area contributed by atoms with E-state index in [2.05, 4.69) is 23.3 Å². The zero-order valence-corrected chi connectivity index (χ0v) is 11.1. The molecule has 0 saturated carbocycles. The topological polar surface area (TPSA) is 33.6 Å². The van der Waals surface area contributed by atoms with E-state index in [1.54, 1.807) is 18.9 Å². The van der Waals surface area contributed by atoms with E-state index >= 15 is 0 Å². The van der Waals surface area contributed by atoms with Gasteiger partial charge in [0.1, 0.15) is 5.75 Å². The number of para-hydroxylation sites is 1. The van der Waals surface area contributed by atoms with Crippen LogP contribution in [0.4, 0.5) is 0 Å². The molecule has 0 bridgehead atoms. The van der Waals surface area contributed by atoms with E-state index in [4.69, 9.17) is 4.74 Å². The van der Waals surface area contributed by atoms with E-state index in [1.165, 1.54) is 6.42 Å². The summed E-state index contributed by atoms with van der Waals surface area (Å²) in [5.74, 6) is 2.06. The highest BCUT2D eigenvalue weighted by atomic mass is 32.2. The molecule has 1 aliphatic heterocycles. The van der Waals surface area contributed by atoms with Gasteiger partial charge < -0.3 is 10.1 Å². The Morgan fingerprint density at radius 1 is 1.47 bits per heavy atom. The lowest BCUT2D eigenvalue weighted by Gasteiger charge is -2.21. The molecule has 1 aromatic carbocycles. The van der Waals surface area contributed by atoms with Gasteiger partial charge in [-0.05, 0) is 19.4 Å². The molecule has 1 fully saturated rings. The molecule has 0 aliphatic carbocycles. The van der Waals surface area contributed by atoms with Gasteiger partial charge in [0.25, 0.3) is 0 Å². The third-order valence-electron chi connectivity index (χ3n) is 2.75. The SMILES string of the molecule is COc1ccccc1CN=C1NC(C)CCS1. The van der Waals surface area contributed by atoms with Gasteiger partial charge in [0, 0.05) is 17.4 Å². The van der Waals surface area contributed by atoms with Crippen LogP contribution >= 0.6 is 11.8 Å². The quantitative estimate of drug-likeness (QED) is 0.895. The molecular formula is C13H18N2OS. The predicted octanol–water partition coefficient (Wildman–Crippen LogP) is 2.67. The number of benzene rings is 1. The van der Waals surface area contributed by atoms with Crippen LogP contribution in [0, 0.1) is 0 Å². The number of hydrogen-bond donors (Lipinski definition) is 1. The van der Waals surface area contributed by atoms with E-state index in [1.807, 2.05) is 18.2 Å². The molecule has 17 heavy (non-hydrogen) atoms. The average Bonchev–Trinajstić information content (AvgIpc) is 2.37. The maximum Gasteiger partial charge on any atom is 0.157 e. The molecule has 0 aromatic heterocycles. The fourth-order valence-electron chi connectivity index (χ4n) is 1.74. The fraction of sp³-hybridized carbons (Fsp3) is 0.462. The third kappa shape index (κ3) is 3.40. The zero-order chi connectivity index (χ0) is 12.1. The molecule has 1 N–H and O–H groups in total. The van der Waals surface area contributed by atoms with Crippen LogP contribution in [0.5, 0.6) is 5.75 Å². The van der Waals surface area contributed by atoms with Gasteiger partial charge in [-0.3, -0.25) is 4.99 Å². The molecular weight excluding hydrogens is 232 g/mol. The average molecular weight is 250 g/mol. The van der Waals surface area contributed by atoms with Crippen LogP contribution in [0.3, 0.4) is 0 Å². The number of ether oxygens (including phenoxy) is 1. The summed E-state index contributed by atoms with van der Waals surface area (Å²) >= 11 is 1.80. The van der Waals surface area contributed by atoms with Crippen LogP contribution in [0.15, 0.2) is 29.3 Å². The highest BCUT2D eigenvalue weighted by Gasteiger charge is 2.12. The van der Waals surface area contributed by atoms with E-state index in [0.717, 1.165) is 22.2 Å². The molecule has 92 valence electrons. The van der Waals surface area contributed by atoms with Crippen molar-refractivity contribution >= 4 is 16.9 Å². The summed E-state index contributed by atoms with van der Waals surface area (Å²) in [6.45, 7) is 2.87. The Morgan fingerprint density at radius 3 is 3.06 bits per heavy atom. The van der Waals surface area contributed by atoms with Crippen LogP contribution in [-0.4, -0.2) is 24.1 Å². The van der Waals surface area contributed by atoms with Crippen molar-refractivity contribution in [3.8, 4) is 5.75 Å². The molecule has 0 radical (unpaired) electrons. The summed E-state index contributed by atoms with van der Waals surface area (Å²) in [7, 11) is 1.70. The van der Waals surface area contributed by atoms with Crippen LogP contribution in [-0.2, 0) is 6.54 Å². The zero-order valence-electron chi connectivity index (χ0n) is 10.3. The van der Waals surface area contributed by atoms with E-state index < -0.39 is 0 Å². The molecule has 1 atom stereocenters. The van der Waals surface area contributed by atoms with Gasteiger partial charge in [0.2, 0.25) is 0 Å². The van der Waals surface area contributed by atoms with Crippen molar-refractivity contribution < 1.29 is 4.74 Å². The lowest BCUT2D eigenvalue weighted by Crippen LogP contribution is -2.35. The Labute approximate surface area is 107 Å². The second-order valence-corrected chi connectivity index (χ2v) is 5.20. The van der Waals surface area contributed by atoms with Crippen LogP contribution < -0.4 is 10.1 Å². The highest BCUT2D eigenvalue weighted by Crippen LogP contribution is 2.19. The van der Waals surface area contributed by atoms with Gasteiger partial charge in [-0.25, -0.2) is 0 Å². The van der Waals surface area contributed by atoms with Gasteiger partial charge >= 0.3 is 0 Å².